The van der Waals surface area contributed by atoms with Gasteiger partial charge in [-0.25, -0.2) is 9.59 Å². The number of carboxylic acid groups (broad SMARTS) is 1. The van der Waals surface area contributed by atoms with Crippen molar-refractivity contribution >= 4 is 12.0 Å². The molecule has 1 aromatic heterocycles. The molecule has 0 saturated heterocycles. The van der Waals surface area contributed by atoms with Crippen LogP contribution in [0.25, 0.3) is 0 Å². The average Bonchev–Trinajstić information content (AvgIpc) is 2.66. The van der Waals surface area contributed by atoms with Gasteiger partial charge in [-0.05, 0) is 33.8 Å². The number of amides is 2. The Bertz CT molecular complexity index is 507. The number of furan rings is 1. The first-order chi connectivity index (χ1) is 9.13. The van der Waals surface area contributed by atoms with Crippen LogP contribution < -0.4 is 10.6 Å². The molecule has 1 aromatic rings. The normalized spacial score (nSPS) is 15.2. The van der Waals surface area contributed by atoms with Gasteiger partial charge >= 0.3 is 12.0 Å². The summed E-state index contributed by atoms with van der Waals surface area (Å²) in [5.41, 5.74) is -1.15. The molecule has 0 aliphatic rings. The molecule has 20 heavy (non-hydrogen) atoms. The molecule has 2 amide bonds. The Morgan fingerprint density at radius 3 is 2.50 bits per heavy atom. The fraction of sp³-hybridized carbons (Fsp3) is 0.538. The summed E-state index contributed by atoms with van der Waals surface area (Å²) in [4.78, 5) is 22.3. The van der Waals surface area contributed by atoms with Crippen molar-refractivity contribution in [2.24, 2.45) is 0 Å². The second-order valence-corrected chi connectivity index (χ2v) is 5.00. The van der Waals surface area contributed by atoms with Crippen LogP contribution in [0.1, 0.15) is 37.0 Å². The number of urea groups is 1. The van der Waals surface area contributed by atoms with E-state index in [0.29, 0.717) is 5.76 Å². The predicted octanol–water partition coefficient (Wildman–Crippen LogP) is 1.09. The lowest BCUT2D eigenvalue weighted by Gasteiger charge is -2.20. The van der Waals surface area contributed by atoms with Gasteiger partial charge in [-0.15, -0.1) is 0 Å². The molecule has 0 aliphatic heterocycles. The lowest BCUT2D eigenvalue weighted by molar-refractivity contribution is -0.155. The summed E-state index contributed by atoms with van der Waals surface area (Å²) in [6.45, 7) is 6.13. The molecule has 1 rings (SSSR count). The molecule has 2 atom stereocenters. The highest BCUT2D eigenvalue weighted by atomic mass is 16.4. The minimum atomic E-state index is -2.00. The molecule has 0 aliphatic carbocycles. The highest BCUT2D eigenvalue weighted by molar-refractivity contribution is 5.79. The monoisotopic (exact) mass is 284 g/mol. The Kier molecular flexibility index (Phi) is 4.78. The second-order valence-electron chi connectivity index (χ2n) is 5.00. The highest BCUT2D eigenvalue weighted by Gasteiger charge is 2.30. The zero-order valence-electron chi connectivity index (χ0n) is 12.0. The highest BCUT2D eigenvalue weighted by Crippen LogP contribution is 2.20. The van der Waals surface area contributed by atoms with E-state index in [9.17, 15) is 14.7 Å². The van der Waals surface area contributed by atoms with Gasteiger partial charge in [0.25, 0.3) is 0 Å². The largest absolute Gasteiger partial charge is 0.479 e. The van der Waals surface area contributed by atoms with E-state index in [1.54, 1.807) is 13.8 Å². The van der Waals surface area contributed by atoms with E-state index in [1.807, 2.05) is 13.0 Å². The second kappa shape index (κ2) is 5.96. The van der Waals surface area contributed by atoms with Crippen LogP contribution in [0.2, 0.25) is 0 Å². The number of aryl methyl sites for hydroxylation is 2. The van der Waals surface area contributed by atoms with Gasteiger partial charge in [-0.3, -0.25) is 0 Å². The maximum atomic E-state index is 11.7. The number of rotatable bonds is 5. The smallest absolute Gasteiger partial charge is 0.337 e. The third kappa shape index (κ3) is 3.99. The van der Waals surface area contributed by atoms with Crippen LogP contribution in [-0.4, -0.2) is 34.4 Å². The van der Waals surface area contributed by atoms with E-state index >= 15 is 0 Å². The first-order valence-electron chi connectivity index (χ1n) is 6.20. The lowest BCUT2D eigenvalue weighted by Crippen LogP contribution is -2.49. The Hall–Kier alpha value is -2.02. The molecular formula is C13H20N2O5. The van der Waals surface area contributed by atoms with Crippen molar-refractivity contribution in [1.82, 2.24) is 10.6 Å². The molecule has 0 radical (unpaired) electrons. The van der Waals surface area contributed by atoms with E-state index in [2.05, 4.69) is 10.6 Å². The number of aliphatic hydroxyl groups is 1. The van der Waals surface area contributed by atoms with Crippen molar-refractivity contribution < 1.29 is 24.2 Å². The number of hydrogen-bond acceptors (Lipinski definition) is 4. The molecule has 0 spiro atoms. The third-order valence-corrected chi connectivity index (χ3v) is 2.95. The Morgan fingerprint density at radius 1 is 1.45 bits per heavy atom. The van der Waals surface area contributed by atoms with Crippen molar-refractivity contribution in [3.63, 3.8) is 0 Å². The number of carbonyl (C=O) groups is 2. The number of hydrogen-bond donors (Lipinski definition) is 4. The van der Waals surface area contributed by atoms with E-state index in [0.717, 1.165) is 18.2 Å². The van der Waals surface area contributed by atoms with Crippen LogP contribution >= 0.6 is 0 Å². The molecule has 7 nitrogen and oxygen atoms in total. The number of carbonyl (C=O) groups excluding carboxylic acids is 1. The molecule has 112 valence electrons. The third-order valence-electron chi connectivity index (χ3n) is 2.95. The maximum absolute atomic E-state index is 11.7. The summed E-state index contributed by atoms with van der Waals surface area (Å²) in [7, 11) is 0. The van der Waals surface area contributed by atoms with Gasteiger partial charge in [-0.2, -0.15) is 0 Å². The minimum absolute atomic E-state index is 0.290. The summed E-state index contributed by atoms with van der Waals surface area (Å²) >= 11 is 0. The molecule has 0 bridgehead atoms. The van der Waals surface area contributed by atoms with Gasteiger partial charge in [0.1, 0.15) is 11.5 Å². The van der Waals surface area contributed by atoms with Gasteiger partial charge in [0.15, 0.2) is 5.60 Å². The van der Waals surface area contributed by atoms with E-state index < -0.39 is 17.6 Å². The van der Waals surface area contributed by atoms with Crippen molar-refractivity contribution in [2.45, 2.75) is 39.3 Å². The summed E-state index contributed by atoms with van der Waals surface area (Å²) in [6, 6.07) is 0.979. The molecule has 4 N–H and O–H groups in total. The number of nitrogens with one attached hydrogen (secondary N) is 2. The predicted molar refractivity (Wildman–Crippen MR) is 71.4 cm³/mol. The van der Waals surface area contributed by atoms with Crippen molar-refractivity contribution in [1.29, 1.82) is 0 Å². The first-order valence-corrected chi connectivity index (χ1v) is 6.20. The Labute approximate surface area is 117 Å². The average molecular weight is 284 g/mol. The number of carboxylic acids is 1. The molecule has 0 saturated carbocycles. The van der Waals surface area contributed by atoms with Gasteiger partial charge in [0.05, 0.1) is 12.6 Å². The molecule has 2 unspecified atom stereocenters. The van der Waals surface area contributed by atoms with Gasteiger partial charge in [-0.1, -0.05) is 0 Å². The summed E-state index contributed by atoms with van der Waals surface area (Å²) in [6.07, 6.45) is 0. The van der Waals surface area contributed by atoms with Crippen LogP contribution in [0.3, 0.4) is 0 Å². The Morgan fingerprint density at radius 2 is 2.05 bits per heavy atom. The summed E-state index contributed by atoms with van der Waals surface area (Å²) < 4.78 is 5.37. The van der Waals surface area contributed by atoms with Crippen molar-refractivity contribution in [3.05, 3.63) is 23.2 Å². The summed E-state index contributed by atoms with van der Waals surface area (Å²) in [5, 5.41) is 23.2. The van der Waals surface area contributed by atoms with Gasteiger partial charge in [0.2, 0.25) is 0 Å². The molecule has 0 aromatic carbocycles. The lowest BCUT2D eigenvalue weighted by atomic mass is 10.1. The van der Waals surface area contributed by atoms with E-state index in [4.69, 9.17) is 9.52 Å². The van der Waals surface area contributed by atoms with Gasteiger partial charge in [0, 0.05) is 5.56 Å². The molecule has 1 heterocycles. The molecular weight excluding hydrogens is 264 g/mol. The Balaban J connectivity index is 2.55. The SMILES string of the molecule is Cc1cc(C(C)NC(=O)NCC(C)(O)C(=O)O)c(C)o1. The topological polar surface area (TPSA) is 112 Å². The van der Waals surface area contributed by atoms with Crippen LogP contribution in [0.15, 0.2) is 10.5 Å². The van der Waals surface area contributed by atoms with Gasteiger partial charge < -0.3 is 25.3 Å². The minimum Gasteiger partial charge on any atom is -0.479 e. The van der Waals surface area contributed by atoms with Crippen molar-refractivity contribution in [2.75, 3.05) is 6.54 Å². The van der Waals surface area contributed by atoms with E-state index in [-0.39, 0.29) is 12.6 Å². The maximum Gasteiger partial charge on any atom is 0.337 e. The van der Waals surface area contributed by atoms with Crippen LogP contribution in [-0.2, 0) is 4.79 Å². The van der Waals surface area contributed by atoms with Crippen molar-refractivity contribution in [3.8, 4) is 0 Å². The quantitative estimate of drug-likeness (QED) is 0.646. The summed E-state index contributed by atoms with van der Waals surface area (Å²) in [5.74, 6) is 0.0698. The fourth-order valence-electron chi connectivity index (χ4n) is 1.73. The standard InChI is InChI=1S/C13H20N2O5/c1-7-5-10(9(3)20-7)8(2)15-12(18)14-6-13(4,19)11(16)17/h5,8,19H,6H2,1-4H3,(H,16,17)(H2,14,15,18). The first kappa shape index (κ1) is 16.0. The van der Waals surface area contributed by atoms with Crippen LogP contribution in [0.4, 0.5) is 4.79 Å². The fourth-order valence-corrected chi connectivity index (χ4v) is 1.73. The molecule has 0 fully saturated rings. The molecule has 7 heteroatoms. The van der Waals surface area contributed by atoms with Crippen LogP contribution in [0.5, 0.6) is 0 Å². The van der Waals surface area contributed by atoms with Crippen LogP contribution in [0, 0.1) is 13.8 Å². The zero-order chi connectivity index (χ0) is 15.5. The zero-order valence-corrected chi connectivity index (χ0v) is 12.0. The van der Waals surface area contributed by atoms with E-state index in [1.165, 1.54) is 0 Å². The number of aliphatic carboxylic acids is 1.